The number of alkyl halides is 3. The summed E-state index contributed by atoms with van der Waals surface area (Å²) in [6.45, 7) is 0. The lowest BCUT2D eigenvalue weighted by molar-refractivity contribution is -0.136. The predicted molar refractivity (Wildman–Crippen MR) is 57.6 cm³/mol. The molecule has 1 heterocycles. The van der Waals surface area contributed by atoms with E-state index in [1.54, 1.807) is 0 Å². The second-order valence-corrected chi connectivity index (χ2v) is 3.62. The maximum Gasteiger partial charge on any atom is 0.307 e. The number of hydrogen-bond donors (Lipinski definition) is 2. The first kappa shape index (κ1) is 12.8. The number of pyridine rings is 1. The van der Waals surface area contributed by atoms with Crippen LogP contribution in [0.3, 0.4) is 0 Å². The van der Waals surface area contributed by atoms with Crippen LogP contribution in [0.25, 0.3) is 0 Å². The molecule has 0 unspecified atom stereocenters. The third kappa shape index (κ3) is 2.66. The molecule has 0 amide bonds. The molecule has 1 rings (SSSR count). The minimum atomic E-state index is -2.76. The highest BCUT2D eigenvalue weighted by molar-refractivity contribution is 9.08. The molecule has 0 fully saturated rings. The number of aliphatic carboxylic acids is 1. The largest absolute Gasteiger partial charge is 0.481 e. The van der Waals surface area contributed by atoms with Crippen LogP contribution in [0.1, 0.15) is 23.1 Å². The van der Waals surface area contributed by atoms with Gasteiger partial charge in [-0.3, -0.25) is 4.79 Å². The molecule has 16 heavy (non-hydrogen) atoms. The molecule has 88 valence electrons. The quantitative estimate of drug-likeness (QED) is 0.834. The Morgan fingerprint density at radius 2 is 2.19 bits per heavy atom. The number of anilines is 1. The molecule has 1 aromatic heterocycles. The number of rotatable bonds is 4. The molecule has 0 aliphatic heterocycles. The monoisotopic (exact) mass is 294 g/mol. The van der Waals surface area contributed by atoms with Gasteiger partial charge in [-0.05, 0) is 5.56 Å². The standard InChI is InChI=1S/C9H9BrF2N2O2/c10-2-5-4(1-7(15)16)6(8(11)12)3-14-9(5)13/h3,8H,1-2H2,(H2,13,14)(H,15,16). The van der Waals surface area contributed by atoms with Gasteiger partial charge in [-0.15, -0.1) is 0 Å². The Balaban J connectivity index is 3.34. The Labute approximate surface area is 98.6 Å². The molecule has 0 spiro atoms. The summed E-state index contributed by atoms with van der Waals surface area (Å²) in [6.07, 6.45) is -2.34. The van der Waals surface area contributed by atoms with Crippen LogP contribution < -0.4 is 5.73 Å². The van der Waals surface area contributed by atoms with Crippen molar-refractivity contribution < 1.29 is 18.7 Å². The molecule has 7 heteroatoms. The summed E-state index contributed by atoms with van der Waals surface area (Å²) in [5.74, 6) is -1.12. The van der Waals surface area contributed by atoms with E-state index < -0.39 is 18.8 Å². The van der Waals surface area contributed by atoms with Gasteiger partial charge < -0.3 is 10.8 Å². The maximum atomic E-state index is 12.6. The number of nitrogens with zero attached hydrogens (tertiary/aromatic N) is 1. The molecular weight excluding hydrogens is 286 g/mol. The summed E-state index contributed by atoms with van der Waals surface area (Å²) < 4.78 is 25.3. The van der Waals surface area contributed by atoms with E-state index in [-0.39, 0.29) is 22.3 Å². The predicted octanol–water partition coefficient (Wildman–Crippen LogP) is 2.12. The van der Waals surface area contributed by atoms with E-state index in [1.165, 1.54) is 0 Å². The van der Waals surface area contributed by atoms with Crippen LogP contribution in [0.4, 0.5) is 14.6 Å². The minimum absolute atomic E-state index is 0.0341. The second kappa shape index (κ2) is 5.20. The lowest BCUT2D eigenvalue weighted by Gasteiger charge is -2.12. The van der Waals surface area contributed by atoms with E-state index in [4.69, 9.17) is 10.8 Å². The molecule has 1 aromatic rings. The summed E-state index contributed by atoms with van der Waals surface area (Å²) in [4.78, 5) is 14.2. The van der Waals surface area contributed by atoms with Crippen molar-refractivity contribution in [2.45, 2.75) is 18.2 Å². The fraction of sp³-hybridized carbons (Fsp3) is 0.333. The molecule has 4 nitrogen and oxygen atoms in total. The average molecular weight is 295 g/mol. The first-order chi connectivity index (χ1) is 7.47. The zero-order chi connectivity index (χ0) is 12.3. The van der Waals surface area contributed by atoms with Crippen LogP contribution in [0.5, 0.6) is 0 Å². The van der Waals surface area contributed by atoms with Gasteiger partial charge in [-0.25, -0.2) is 13.8 Å². The van der Waals surface area contributed by atoms with Crippen LogP contribution in [0.15, 0.2) is 6.20 Å². The fourth-order valence-electron chi connectivity index (χ4n) is 1.32. The number of nitrogen functional groups attached to an aromatic ring is 1. The molecule has 0 atom stereocenters. The summed E-state index contributed by atoms with van der Waals surface area (Å²) in [5, 5.41) is 8.85. The maximum absolute atomic E-state index is 12.6. The van der Waals surface area contributed by atoms with E-state index in [0.29, 0.717) is 5.56 Å². The molecule has 3 N–H and O–H groups in total. The van der Waals surface area contributed by atoms with Crippen molar-refractivity contribution in [3.05, 3.63) is 22.9 Å². The zero-order valence-corrected chi connectivity index (χ0v) is 9.67. The van der Waals surface area contributed by atoms with Crippen molar-refractivity contribution in [3.63, 3.8) is 0 Å². The van der Waals surface area contributed by atoms with Crippen LogP contribution in [0, 0.1) is 0 Å². The molecular formula is C9H9BrF2N2O2. The number of carboxylic acids is 1. The van der Waals surface area contributed by atoms with Gasteiger partial charge in [0.2, 0.25) is 0 Å². The topological polar surface area (TPSA) is 76.2 Å². The van der Waals surface area contributed by atoms with Gasteiger partial charge in [0, 0.05) is 22.7 Å². The summed E-state index contributed by atoms with van der Waals surface area (Å²) in [5.41, 5.74) is 5.45. The third-order valence-electron chi connectivity index (χ3n) is 2.06. The Kier molecular flexibility index (Phi) is 4.17. The Morgan fingerprint density at radius 3 is 2.62 bits per heavy atom. The molecule has 0 bridgehead atoms. The minimum Gasteiger partial charge on any atom is -0.481 e. The smallest absolute Gasteiger partial charge is 0.307 e. The molecule has 0 saturated carbocycles. The molecule has 0 aliphatic carbocycles. The van der Waals surface area contributed by atoms with Crippen LogP contribution in [0.2, 0.25) is 0 Å². The van der Waals surface area contributed by atoms with Gasteiger partial charge in [-0.2, -0.15) is 0 Å². The van der Waals surface area contributed by atoms with Crippen molar-refractivity contribution in [1.29, 1.82) is 0 Å². The van der Waals surface area contributed by atoms with Gasteiger partial charge in [0.05, 0.1) is 6.42 Å². The molecule has 0 aromatic carbocycles. The highest BCUT2D eigenvalue weighted by Gasteiger charge is 2.20. The van der Waals surface area contributed by atoms with Crippen molar-refractivity contribution in [2.24, 2.45) is 0 Å². The summed E-state index contributed by atoms with van der Waals surface area (Å²) in [7, 11) is 0. The van der Waals surface area contributed by atoms with Crippen LogP contribution in [-0.4, -0.2) is 16.1 Å². The van der Waals surface area contributed by atoms with E-state index in [1.807, 2.05) is 0 Å². The number of nitrogens with two attached hydrogens (primary N) is 1. The SMILES string of the molecule is Nc1ncc(C(F)F)c(CC(=O)O)c1CBr. The second-order valence-electron chi connectivity index (χ2n) is 3.06. The van der Waals surface area contributed by atoms with Gasteiger partial charge in [0.25, 0.3) is 6.43 Å². The number of carboxylic acid groups (broad SMARTS) is 1. The van der Waals surface area contributed by atoms with Crippen LogP contribution >= 0.6 is 15.9 Å². The number of halogens is 3. The molecule has 0 radical (unpaired) electrons. The number of hydrogen-bond acceptors (Lipinski definition) is 3. The Morgan fingerprint density at radius 1 is 1.56 bits per heavy atom. The molecule has 0 saturated heterocycles. The Bertz CT molecular complexity index is 413. The van der Waals surface area contributed by atoms with Gasteiger partial charge >= 0.3 is 5.97 Å². The summed E-state index contributed by atoms with van der Waals surface area (Å²) >= 11 is 3.07. The lowest BCUT2D eigenvalue weighted by atomic mass is 10.0. The van der Waals surface area contributed by atoms with Crippen molar-refractivity contribution >= 4 is 27.7 Å². The first-order valence-electron chi connectivity index (χ1n) is 4.29. The number of aromatic nitrogens is 1. The van der Waals surface area contributed by atoms with Crippen molar-refractivity contribution in [2.75, 3.05) is 5.73 Å². The van der Waals surface area contributed by atoms with E-state index >= 15 is 0 Å². The first-order valence-corrected chi connectivity index (χ1v) is 5.41. The fourth-order valence-corrected chi connectivity index (χ4v) is 1.95. The van der Waals surface area contributed by atoms with Gasteiger partial charge in [0.1, 0.15) is 5.82 Å². The van der Waals surface area contributed by atoms with Crippen molar-refractivity contribution in [1.82, 2.24) is 4.98 Å². The zero-order valence-electron chi connectivity index (χ0n) is 8.08. The molecule has 0 aliphatic rings. The Hall–Kier alpha value is -1.24. The van der Waals surface area contributed by atoms with Crippen LogP contribution in [-0.2, 0) is 16.5 Å². The summed E-state index contributed by atoms with van der Waals surface area (Å²) in [6, 6.07) is 0. The highest BCUT2D eigenvalue weighted by atomic mass is 79.9. The van der Waals surface area contributed by atoms with Gasteiger partial charge in [0.15, 0.2) is 0 Å². The lowest BCUT2D eigenvalue weighted by Crippen LogP contribution is -2.10. The number of carbonyl (C=O) groups is 1. The van der Waals surface area contributed by atoms with Crippen molar-refractivity contribution in [3.8, 4) is 0 Å². The van der Waals surface area contributed by atoms with E-state index in [2.05, 4.69) is 20.9 Å². The third-order valence-corrected chi connectivity index (χ3v) is 2.62. The normalized spacial score (nSPS) is 10.8. The van der Waals surface area contributed by atoms with E-state index in [9.17, 15) is 13.6 Å². The van der Waals surface area contributed by atoms with Gasteiger partial charge in [-0.1, -0.05) is 15.9 Å². The average Bonchev–Trinajstić information content (AvgIpc) is 2.16. The highest BCUT2D eigenvalue weighted by Crippen LogP contribution is 2.29. The van der Waals surface area contributed by atoms with E-state index in [0.717, 1.165) is 6.20 Å².